The summed E-state index contributed by atoms with van der Waals surface area (Å²) in [7, 11) is 0. The molecule has 1 fully saturated rings. The van der Waals surface area contributed by atoms with Gasteiger partial charge in [-0.1, -0.05) is 60.7 Å². The average Bonchev–Trinajstić information content (AvgIpc) is 2.80. The number of amides is 1. The summed E-state index contributed by atoms with van der Waals surface area (Å²) >= 11 is 0. The molecular weight excluding hydrogens is 374 g/mol. The molecule has 0 N–H and O–H groups in total. The quantitative estimate of drug-likeness (QED) is 0.615. The van der Waals surface area contributed by atoms with Crippen LogP contribution in [0.15, 0.2) is 72.8 Å². The van der Waals surface area contributed by atoms with E-state index < -0.39 is 0 Å². The Morgan fingerprint density at radius 2 is 1.67 bits per heavy atom. The van der Waals surface area contributed by atoms with Crippen molar-refractivity contribution >= 4 is 5.91 Å². The summed E-state index contributed by atoms with van der Waals surface area (Å²) in [5, 5.41) is 8.14. The monoisotopic (exact) mass is 401 g/mol. The van der Waals surface area contributed by atoms with Crippen LogP contribution in [-0.4, -0.2) is 40.2 Å². The maximum absolute atomic E-state index is 13.2. The molecule has 0 radical (unpaired) electrons. The first kappa shape index (κ1) is 20.1. The van der Waals surface area contributed by atoms with Crippen molar-refractivity contribution in [1.29, 1.82) is 0 Å². The van der Waals surface area contributed by atoms with Crippen molar-refractivity contribution in [2.24, 2.45) is 0 Å². The molecule has 1 aliphatic heterocycles. The summed E-state index contributed by atoms with van der Waals surface area (Å²) in [6.45, 7) is 3.26. The second kappa shape index (κ2) is 9.53. The highest BCUT2D eigenvalue weighted by Gasteiger charge is 2.28. The zero-order valence-corrected chi connectivity index (χ0v) is 17.3. The molecule has 0 saturated carbocycles. The predicted octanol–water partition coefficient (Wildman–Crippen LogP) is 4.38. The van der Waals surface area contributed by atoms with E-state index in [9.17, 15) is 4.79 Å². The van der Waals surface area contributed by atoms with Crippen LogP contribution < -0.4 is 4.74 Å². The maximum Gasteiger partial charge on any atom is 0.233 e. The largest absolute Gasteiger partial charge is 0.471 e. The molecule has 4 rings (SSSR count). The van der Waals surface area contributed by atoms with Gasteiger partial charge in [-0.15, -0.1) is 5.10 Å². The number of benzene rings is 2. The fourth-order valence-corrected chi connectivity index (χ4v) is 3.98. The number of nitrogens with zero attached hydrogens (tertiary/aromatic N) is 3. The highest BCUT2D eigenvalue weighted by atomic mass is 16.5. The number of aryl methyl sites for hydroxylation is 1. The Labute approximate surface area is 177 Å². The van der Waals surface area contributed by atoms with Crippen molar-refractivity contribution in [3.63, 3.8) is 0 Å². The highest BCUT2D eigenvalue weighted by molar-refractivity contribution is 5.78. The molecule has 0 aliphatic carbocycles. The van der Waals surface area contributed by atoms with Gasteiger partial charge in [0, 0.05) is 24.9 Å². The topological polar surface area (TPSA) is 55.3 Å². The van der Waals surface area contributed by atoms with Crippen LogP contribution in [0.3, 0.4) is 0 Å². The molecule has 5 heteroatoms. The predicted molar refractivity (Wildman–Crippen MR) is 116 cm³/mol. The lowest BCUT2D eigenvalue weighted by atomic mass is 9.88. The Morgan fingerprint density at radius 1 is 1.00 bits per heavy atom. The molecule has 5 nitrogen and oxygen atoms in total. The van der Waals surface area contributed by atoms with Gasteiger partial charge in [-0.25, -0.2) is 0 Å². The first-order chi connectivity index (χ1) is 14.7. The molecule has 2 heterocycles. The minimum absolute atomic E-state index is 0.0455. The summed E-state index contributed by atoms with van der Waals surface area (Å²) < 4.78 is 6.00. The van der Waals surface area contributed by atoms with Crippen LogP contribution in [0.4, 0.5) is 0 Å². The Hall–Kier alpha value is -3.21. The molecule has 1 aliphatic rings. The first-order valence-electron chi connectivity index (χ1n) is 10.5. The molecule has 1 atom stereocenters. The van der Waals surface area contributed by atoms with E-state index in [4.69, 9.17) is 4.74 Å². The molecule has 1 amide bonds. The lowest BCUT2D eigenvalue weighted by molar-refractivity contribution is -0.134. The lowest BCUT2D eigenvalue weighted by Crippen LogP contribution is -2.44. The van der Waals surface area contributed by atoms with Crippen LogP contribution in [0.25, 0.3) is 0 Å². The number of aromatic nitrogens is 2. The second-order valence-corrected chi connectivity index (χ2v) is 7.81. The number of hydrogen-bond acceptors (Lipinski definition) is 4. The summed E-state index contributed by atoms with van der Waals surface area (Å²) in [5.74, 6) is 0.728. The standard InChI is InChI=1S/C25H27N3O2/c1-19-14-15-24(27-26-19)30-22-13-8-16-28(18-22)25(29)17-23(20-9-4-2-5-10-20)21-11-6-3-7-12-21/h2-7,9-12,14-15,22-23H,8,13,16-18H2,1H3. The van der Waals surface area contributed by atoms with Gasteiger partial charge < -0.3 is 9.64 Å². The minimum atomic E-state index is -0.0494. The van der Waals surface area contributed by atoms with Crippen LogP contribution in [0.5, 0.6) is 5.88 Å². The van der Waals surface area contributed by atoms with Crippen molar-refractivity contribution in [3.05, 3.63) is 89.6 Å². The van der Waals surface area contributed by atoms with E-state index in [1.54, 1.807) is 0 Å². The number of hydrogen-bond donors (Lipinski definition) is 0. The van der Waals surface area contributed by atoms with Gasteiger partial charge in [-0.05, 0) is 37.0 Å². The molecule has 2 aromatic carbocycles. The number of carbonyl (C=O) groups excluding carboxylic acids is 1. The van der Waals surface area contributed by atoms with E-state index in [0.717, 1.165) is 36.2 Å². The van der Waals surface area contributed by atoms with Gasteiger partial charge >= 0.3 is 0 Å². The Kier molecular flexibility index (Phi) is 6.38. The van der Waals surface area contributed by atoms with Gasteiger partial charge in [-0.3, -0.25) is 4.79 Å². The summed E-state index contributed by atoms with van der Waals surface area (Å²) in [6.07, 6.45) is 2.24. The first-order valence-corrected chi connectivity index (χ1v) is 10.5. The van der Waals surface area contributed by atoms with Crippen molar-refractivity contribution < 1.29 is 9.53 Å². The Balaban J connectivity index is 1.45. The molecule has 1 saturated heterocycles. The lowest BCUT2D eigenvalue weighted by Gasteiger charge is -2.33. The van der Waals surface area contributed by atoms with E-state index in [0.29, 0.717) is 18.8 Å². The zero-order chi connectivity index (χ0) is 20.8. The summed E-state index contributed by atoms with van der Waals surface area (Å²) in [4.78, 5) is 15.2. The third-order valence-corrected chi connectivity index (χ3v) is 5.57. The third kappa shape index (κ3) is 5.03. The molecule has 1 aromatic heterocycles. The molecule has 0 spiro atoms. The molecule has 30 heavy (non-hydrogen) atoms. The Bertz CT molecular complexity index is 906. The number of carbonyl (C=O) groups is 1. The van der Waals surface area contributed by atoms with Gasteiger partial charge in [0.1, 0.15) is 6.10 Å². The van der Waals surface area contributed by atoms with Gasteiger partial charge in [0.2, 0.25) is 11.8 Å². The van der Waals surface area contributed by atoms with Crippen molar-refractivity contribution in [2.45, 2.75) is 38.2 Å². The van der Waals surface area contributed by atoms with E-state index in [1.807, 2.05) is 60.4 Å². The van der Waals surface area contributed by atoms with Gasteiger partial charge in [0.05, 0.1) is 12.2 Å². The SMILES string of the molecule is Cc1ccc(OC2CCCN(C(=O)CC(c3ccccc3)c3ccccc3)C2)nn1. The van der Waals surface area contributed by atoms with E-state index in [1.165, 1.54) is 0 Å². The average molecular weight is 402 g/mol. The molecule has 0 bridgehead atoms. The fraction of sp³-hybridized carbons (Fsp3) is 0.320. The molecule has 3 aromatic rings. The summed E-state index contributed by atoms with van der Waals surface area (Å²) in [5.41, 5.74) is 3.18. The Morgan fingerprint density at radius 3 is 2.27 bits per heavy atom. The summed E-state index contributed by atoms with van der Waals surface area (Å²) in [6, 6.07) is 24.3. The van der Waals surface area contributed by atoms with Gasteiger partial charge in [-0.2, -0.15) is 5.10 Å². The van der Waals surface area contributed by atoms with Crippen LogP contribution in [-0.2, 0) is 4.79 Å². The van der Waals surface area contributed by atoms with Crippen molar-refractivity contribution in [1.82, 2.24) is 15.1 Å². The smallest absolute Gasteiger partial charge is 0.233 e. The van der Waals surface area contributed by atoms with Crippen molar-refractivity contribution in [3.8, 4) is 5.88 Å². The molecular formula is C25H27N3O2. The van der Waals surface area contributed by atoms with Crippen LogP contribution >= 0.6 is 0 Å². The van der Waals surface area contributed by atoms with Gasteiger partial charge in [0.25, 0.3) is 0 Å². The van der Waals surface area contributed by atoms with E-state index >= 15 is 0 Å². The van der Waals surface area contributed by atoms with Crippen LogP contribution in [0.1, 0.15) is 42.0 Å². The second-order valence-electron chi connectivity index (χ2n) is 7.81. The van der Waals surface area contributed by atoms with Gasteiger partial charge in [0.15, 0.2) is 0 Å². The normalized spacial score (nSPS) is 16.5. The number of likely N-dealkylation sites (tertiary alicyclic amines) is 1. The minimum Gasteiger partial charge on any atom is -0.471 e. The number of ether oxygens (including phenoxy) is 1. The third-order valence-electron chi connectivity index (χ3n) is 5.57. The molecule has 1 unspecified atom stereocenters. The number of rotatable bonds is 6. The van der Waals surface area contributed by atoms with Crippen LogP contribution in [0, 0.1) is 6.92 Å². The highest BCUT2D eigenvalue weighted by Crippen LogP contribution is 2.29. The number of piperidine rings is 1. The van der Waals surface area contributed by atoms with E-state index in [2.05, 4.69) is 34.5 Å². The zero-order valence-electron chi connectivity index (χ0n) is 17.3. The molecule has 154 valence electrons. The van der Waals surface area contributed by atoms with Crippen molar-refractivity contribution in [2.75, 3.05) is 13.1 Å². The van der Waals surface area contributed by atoms with Crippen LogP contribution in [0.2, 0.25) is 0 Å². The fourth-order valence-electron chi connectivity index (χ4n) is 3.98. The maximum atomic E-state index is 13.2. The van der Waals surface area contributed by atoms with E-state index in [-0.39, 0.29) is 17.9 Å².